The Balaban J connectivity index is 0.000000257. The van der Waals surface area contributed by atoms with Crippen LogP contribution in [-0.2, 0) is 10.1 Å². The van der Waals surface area contributed by atoms with Crippen molar-refractivity contribution in [2.75, 3.05) is 13.1 Å². The largest absolute Gasteiger partial charge is 0.744 e. The minimum Gasteiger partial charge on any atom is -0.744 e. The Morgan fingerprint density at radius 2 is 1.48 bits per heavy atom. The predicted octanol–water partition coefficient (Wildman–Crippen LogP) is 2.89. The molecular formula is C18H27NO3S. The Hall–Kier alpha value is -1.43. The fourth-order valence-corrected chi connectivity index (χ4v) is 2.67. The summed E-state index contributed by atoms with van der Waals surface area (Å²) in [6.07, 6.45) is 5.43. The van der Waals surface area contributed by atoms with E-state index >= 15 is 0 Å². The van der Waals surface area contributed by atoms with Crippen molar-refractivity contribution in [3.8, 4) is 0 Å². The highest BCUT2D eigenvalue weighted by Gasteiger charge is 2.01. The van der Waals surface area contributed by atoms with Gasteiger partial charge in [-0.15, -0.1) is 0 Å². The predicted molar refractivity (Wildman–Crippen MR) is 93.4 cm³/mol. The average molecular weight is 337 g/mol. The highest BCUT2D eigenvalue weighted by Crippen LogP contribution is 2.18. The van der Waals surface area contributed by atoms with Gasteiger partial charge in [-0.2, -0.15) is 0 Å². The second-order valence-corrected chi connectivity index (χ2v) is 6.92. The molecule has 4 nitrogen and oxygen atoms in total. The van der Waals surface area contributed by atoms with Crippen molar-refractivity contribution >= 4 is 20.9 Å². The molecule has 0 atom stereocenters. The summed E-state index contributed by atoms with van der Waals surface area (Å²) in [5.41, 5.74) is 0. The lowest BCUT2D eigenvalue weighted by Gasteiger charge is -2.07. The summed E-state index contributed by atoms with van der Waals surface area (Å²) in [7, 11) is -4.34. The summed E-state index contributed by atoms with van der Waals surface area (Å²) < 4.78 is 32.2. The maximum Gasteiger partial charge on any atom is 0.124 e. The Bertz CT molecular complexity index is 677. The molecule has 0 saturated carbocycles. The maximum absolute atomic E-state index is 10.7. The molecule has 0 aliphatic heterocycles. The number of fused-ring (bicyclic) bond motifs is 1. The Morgan fingerprint density at radius 3 is 2.00 bits per heavy atom. The van der Waals surface area contributed by atoms with Crippen LogP contribution < -0.4 is 5.32 Å². The zero-order chi connectivity index (χ0) is 17.1. The Kier molecular flexibility index (Phi) is 8.84. The number of quaternary nitrogens is 1. The molecule has 2 aromatic carbocycles. The Labute approximate surface area is 139 Å². The molecule has 0 spiro atoms. The molecule has 0 unspecified atom stereocenters. The highest BCUT2D eigenvalue weighted by atomic mass is 32.2. The molecule has 0 fully saturated rings. The second kappa shape index (κ2) is 10.4. The Morgan fingerprint density at radius 1 is 0.913 bits per heavy atom. The molecule has 0 bridgehead atoms. The van der Waals surface area contributed by atoms with Gasteiger partial charge in [0.15, 0.2) is 0 Å². The molecule has 0 radical (unpaired) electrons. The monoisotopic (exact) mass is 337 g/mol. The number of nitrogens with two attached hydrogens (primary N) is 1. The molecule has 128 valence electrons. The van der Waals surface area contributed by atoms with Crippen LogP contribution in [0.2, 0.25) is 0 Å². The summed E-state index contributed by atoms with van der Waals surface area (Å²) in [6, 6.07) is 11.6. The normalized spacial score (nSPS) is 11.1. The highest BCUT2D eigenvalue weighted by molar-refractivity contribution is 7.85. The van der Waals surface area contributed by atoms with E-state index in [0.29, 0.717) is 0 Å². The third-order valence-corrected chi connectivity index (χ3v) is 4.36. The topological polar surface area (TPSA) is 73.8 Å². The van der Waals surface area contributed by atoms with Crippen LogP contribution in [0.4, 0.5) is 0 Å². The fourth-order valence-electron chi connectivity index (χ4n) is 2.16. The molecule has 0 aromatic heterocycles. The lowest BCUT2D eigenvalue weighted by Crippen LogP contribution is -2.84. The van der Waals surface area contributed by atoms with Crippen molar-refractivity contribution in [1.82, 2.24) is 0 Å². The van der Waals surface area contributed by atoms with Gasteiger partial charge in [0.25, 0.3) is 0 Å². The summed E-state index contributed by atoms with van der Waals surface area (Å²) in [5.74, 6) is 0. The van der Waals surface area contributed by atoms with E-state index in [2.05, 4.69) is 19.2 Å². The zero-order valence-corrected chi connectivity index (χ0v) is 14.8. The van der Waals surface area contributed by atoms with Crippen LogP contribution in [-0.4, -0.2) is 26.1 Å². The molecule has 2 rings (SSSR count). The van der Waals surface area contributed by atoms with Gasteiger partial charge in [-0.25, -0.2) is 8.42 Å². The second-order valence-electron chi connectivity index (χ2n) is 5.54. The lowest BCUT2D eigenvalue weighted by atomic mass is 10.1. The summed E-state index contributed by atoms with van der Waals surface area (Å²) in [5, 5.41) is 4.09. The van der Waals surface area contributed by atoms with E-state index in [9.17, 15) is 13.0 Å². The van der Waals surface area contributed by atoms with Gasteiger partial charge in [-0.05, 0) is 35.7 Å². The molecule has 5 heteroatoms. The third-order valence-electron chi connectivity index (χ3n) is 3.53. The quantitative estimate of drug-likeness (QED) is 0.623. The van der Waals surface area contributed by atoms with Crippen molar-refractivity contribution in [2.45, 2.75) is 44.4 Å². The SMILES string of the molecule is CCCC[NH2+]CCCC.O=S(=O)([O-])c1ccc2ccccc2c1. The molecule has 23 heavy (non-hydrogen) atoms. The first-order valence-electron chi connectivity index (χ1n) is 8.25. The number of hydrogen-bond donors (Lipinski definition) is 1. The van der Waals surface area contributed by atoms with E-state index < -0.39 is 10.1 Å². The van der Waals surface area contributed by atoms with Crippen molar-refractivity contribution in [3.63, 3.8) is 0 Å². The first-order chi connectivity index (χ1) is 11.0. The van der Waals surface area contributed by atoms with Crippen LogP contribution in [0.25, 0.3) is 10.8 Å². The molecule has 0 aliphatic carbocycles. The lowest BCUT2D eigenvalue weighted by molar-refractivity contribution is -0.655. The van der Waals surface area contributed by atoms with E-state index in [1.807, 2.05) is 12.1 Å². The summed E-state index contributed by atoms with van der Waals surface area (Å²) in [4.78, 5) is -0.184. The summed E-state index contributed by atoms with van der Waals surface area (Å²) >= 11 is 0. The average Bonchev–Trinajstić information content (AvgIpc) is 2.54. The minimum absolute atomic E-state index is 0.184. The van der Waals surface area contributed by atoms with Gasteiger partial charge in [0.1, 0.15) is 10.1 Å². The van der Waals surface area contributed by atoms with Gasteiger partial charge in [-0.1, -0.05) is 57.0 Å². The van der Waals surface area contributed by atoms with Crippen LogP contribution >= 0.6 is 0 Å². The third kappa shape index (κ3) is 7.59. The van der Waals surface area contributed by atoms with Crippen LogP contribution in [0.1, 0.15) is 39.5 Å². The van der Waals surface area contributed by atoms with Crippen LogP contribution in [0.5, 0.6) is 0 Å². The van der Waals surface area contributed by atoms with Crippen molar-refractivity contribution in [2.24, 2.45) is 0 Å². The number of benzene rings is 2. The van der Waals surface area contributed by atoms with E-state index in [1.165, 1.54) is 50.9 Å². The van der Waals surface area contributed by atoms with Gasteiger partial charge in [0.2, 0.25) is 0 Å². The van der Waals surface area contributed by atoms with Crippen LogP contribution in [0.3, 0.4) is 0 Å². The van der Waals surface area contributed by atoms with Gasteiger partial charge in [0.05, 0.1) is 18.0 Å². The van der Waals surface area contributed by atoms with Crippen LogP contribution in [0.15, 0.2) is 47.4 Å². The van der Waals surface area contributed by atoms with Gasteiger partial charge in [-0.3, -0.25) is 0 Å². The van der Waals surface area contributed by atoms with E-state index in [1.54, 1.807) is 18.2 Å². The molecular weight excluding hydrogens is 310 g/mol. The number of unbranched alkanes of at least 4 members (excludes halogenated alkanes) is 2. The van der Waals surface area contributed by atoms with Crippen LogP contribution in [0, 0.1) is 0 Å². The molecule has 0 saturated heterocycles. The molecule has 0 amide bonds. The summed E-state index contributed by atoms with van der Waals surface area (Å²) in [6.45, 7) is 7.15. The maximum atomic E-state index is 10.7. The smallest absolute Gasteiger partial charge is 0.124 e. The van der Waals surface area contributed by atoms with Crippen molar-refractivity contribution < 1.29 is 18.3 Å². The van der Waals surface area contributed by atoms with Crippen molar-refractivity contribution in [3.05, 3.63) is 42.5 Å². The van der Waals surface area contributed by atoms with Crippen molar-refractivity contribution in [1.29, 1.82) is 0 Å². The number of hydrogen-bond acceptors (Lipinski definition) is 3. The first-order valence-corrected chi connectivity index (χ1v) is 9.66. The van der Waals surface area contributed by atoms with E-state index in [0.717, 1.165) is 10.8 Å². The van der Waals surface area contributed by atoms with E-state index in [-0.39, 0.29) is 4.90 Å². The van der Waals surface area contributed by atoms with E-state index in [4.69, 9.17) is 0 Å². The van der Waals surface area contributed by atoms with Gasteiger partial charge < -0.3 is 9.87 Å². The first kappa shape index (κ1) is 19.6. The molecule has 0 heterocycles. The molecule has 2 N–H and O–H groups in total. The molecule has 0 aliphatic rings. The zero-order valence-electron chi connectivity index (χ0n) is 14.0. The fraction of sp³-hybridized carbons (Fsp3) is 0.444. The minimum atomic E-state index is -4.34. The standard InChI is InChI=1S/C10H8O3S.C8H19N/c11-14(12,13)10-6-5-8-3-1-2-4-9(8)7-10;1-3-5-7-9-8-6-4-2/h1-7H,(H,11,12,13);9H,3-8H2,1-2H3. The van der Waals surface area contributed by atoms with Gasteiger partial charge in [0, 0.05) is 0 Å². The van der Waals surface area contributed by atoms with Gasteiger partial charge >= 0.3 is 0 Å². The molecule has 2 aromatic rings. The number of rotatable bonds is 7.